The van der Waals surface area contributed by atoms with E-state index in [2.05, 4.69) is 4.98 Å². The molecule has 1 aromatic carbocycles. The average molecular weight is 235 g/mol. The number of aromatic nitrogens is 1. The van der Waals surface area contributed by atoms with Gasteiger partial charge in [-0.2, -0.15) is 0 Å². The number of hydrogen-bond donors (Lipinski definition) is 1. The number of H-pyrrole nitrogens is 1. The first-order valence-corrected chi connectivity index (χ1v) is 6.76. The molecule has 3 nitrogen and oxygen atoms in total. The fourth-order valence-electron chi connectivity index (χ4n) is 1.60. The van der Waals surface area contributed by atoms with Crippen LogP contribution in [-0.4, -0.2) is 19.2 Å². The fraction of sp³-hybridized carbons (Fsp3) is 0.167. The Morgan fingerprint density at radius 1 is 1.12 bits per heavy atom. The molecule has 1 aromatic heterocycles. The summed E-state index contributed by atoms with van der Waals surface area (Å²) in [4.78, 5) is 3.36. The second kappa shape index (κ2) is 4.14. The highest BCUT2D eigenvalue weighted by molar-refractivity contribution is 7.91. The molecule has 0 atom stereocenters. The van der Waals surface area contributed by atoms with Gasteiger partial charge in [-0.25, -0.2) is 8.42 Å². The SMILES string of the molecule is CCS(=O)(=O)c1cc[nH]c1-c1ccccc1. The van der Waals surface area contributed by atoms with Crippen LogP contribution < -0.4 is 0 Å². The molecular weight excluding hydrogens is 222 g/mol. The molecule has 1 heterocycles. The monoisotopic (exact) mass is 235 g/mol. The minimum absolute atomic E-state index is 0.116. The van der Waals surface area contributed by atoms with Crippen LogP contribution in [0.15, 0.2) is 47.5 Å². The van der Waals surface area contributed by atoms with E-state index in [1.807, 2.05) is 30.3 Å². The average Bonchev–Trinajstić information content (AvgIpc) is 2.80. The molecule has 1 N–H and O–H groups in total. The Morgan fingerprint density at radius 3 is 2.44 bits per heavy atom. The van der Waals surface area contributed by atoms with Crippen molar-refractivity contribution in [3.05, 3.63) is 42.6 Å². The molecule has 0 saturated heterocycles. The van der Waals surface area contributed by atoms with Gasteiger partial charge >= 0.3 is 0 Å². The molecule has 0 bridgehead atoms. The Morgan fingerprint density at radius 2 is 1.81 bits per heavy atom. The van der Waals surface area contributed by atoms with Gasteiger partial charge in [-0.05, 0) is 11.6 Å². The summed E-state index contributed by atoms with van der Waals surface area (Å²) >= 11 is 0. The Labute approximate surface area is 95.1 Å². The van der Waals surface area contributed by atoms with Crippen molar-refractivity contribution in [2.24, 2.45) is 0 Å². The molecule has 0 aliphatic carbocycles. The Bertz CT molecular complexity index is 570. The molecule has 0 aliphatic heterocycles. The molecule has 16 heavy (non-hydrogen) atoms. The van der Waals surface area contributed by atoms with Crippen molar-refractivity contribution >= 4 is 9.84 Å². The van der Waals surface area contributed by atoms with Crippen LogP contribution in [-0.2, 0) is 9.84 Å². The standard InChI is InChI=1S/C12H13NO2S/c1-2-16(14,15)11-8-9-13-12(11)10-6-4-3-5-7-10/h3-9,13H,2H2,1H3. The lowest BCUT2D eigenvalue weighted by molar-refractivity contribution is 0.597. The third-order valence-corrected chi connectivity index (χ3v) is 4.26. The van der Waals surface area contributed by atoms with E-state index in [1.165, 1.54) is 0 Å². The van der Waals surface area contributed by atoms with E-state index in [0.29, 0.717) is 10.6 Å². The minimum Gasteiger partial charge on any atom is -0.360 e. The zero-order valence-corrected chi connectivity index (χ0v) is 9.79. The predicted octanol–water partition coefficient (Wildman–Crippen LogP) is 2.48. The van der Waals surface area contributed by atoms with E-state index in [1.54, 1.807) is 19.2 Å². The zero-order valence-electron chi connectivity index (χ0n) is 8.97. The number of nitrogens with one attached hydrogen (secondary N) is 1. The van der Waals surface area contributed by atoms with E-state index < -0.39 is 9.84 Å². The minimum atomic E-state index is -3.16. The summed E-state index contributed by atoms with van der Waals surface area (Å²) in [6.45, 7) is 1.65. The van der Waals surface area contributed by atoms with Gasteiger partial charge in [-0.15, -0.1) is 0 Å². The highest BCUT2D eigenvalue weighted by atomic mass is 32.2. The quantitative estimate of drug-likeness (QED) is 0.888. The number of rotatable bonds is 3. The van der Waals surface area contributed by atoms with Gasteiger partial charge in [0.25, 0.3) is 0 Å². The van der Waals surface area contributed by atoms with Crippen LogP contribution in [0.25, 0.3) is 11.3 Å². The third kappa shape index (κ3) is 1.88. The molecular formula is C12H13NO2S. The molecule has 0 fully saturated rings. The second-order valence-electron chi connectivity index (χ2n) is 3.49. The third-order valence-electron chi connectivity index (χ3n) is 2.49. The van der Waals surface area contributed by atoms with Gasteiger partial charge in [0, 0.05) is 6.20 Å². The van der Waals surface area contributed by atoms with E-state index in [9.17, 15) is 8.42 Å². The van der Waals surface area contributed by atoms with Crippen LogP contribution in [0, 0.1) is 0 Å². The van der Waals surface area contributed by atoms with Crippen molar-refractivity contribution in [3.63, 3.8) is 0 Å². The molecule has 4 heteroatoms. The first-order chi connectivity index (χ1) is 7.65. The highest BCUT2D eigenvalue weighted by Crippen LogP contribution is 2.26. The summed E-state index contributed by atoms with van der Waals surface area (Å²) in [6, 6.07) is 11.1. The molecule has 0 unspecified atom stereocenters. The van der Waals surface area contributed by atoms with Crippen LogP contribution in [0.5, 0.6) is 0 Å². The smallest absolute Gasteiger partial charge is 0.180 e. The van der Waals surface area contributed by atoms with Gasteiger partial charge in [0.2, 0.25) is 0 Å². The van der Waals surface area contributed by atoms with Crippen molar-refractivity contribution in [1.82, 2.24) is 4.98 Å². The largest absolute Gasteiger partial charge is 0.360 e. The van der Waals surface area contributed by atoms with Crippen LogP contribution in [0.3, 0.4) is 0 Å². The summed E-state index contributed by atoms with van der Waals surface area (Å²) in [5.41, 5.74) is 1.56. The number of aromatic amines is 1. The highest BCUT2D eigenvalue weighted by Gasteiger charge is 2.18. The topological polar surface area (TPSA) is 49.9 Å². The van der Waals surface area contributed by atoms with Gasteiger partial charge in [0.1, 0.15) is 0 Å². The van der Waals surface area contributed by atoms with E-state index in [-0.39, 0.29) is 5.75 Å². The summed E-state index contributed by atoms with van der Waals surface area (Å²) in [7, 11) is -3.16. The zero-order chi connectivity index (χ0) is 11.6. The lowest BCUT2D eigenvalue weighted by atomic mass is 10.2. The number of benzene rings is 1. The fourth-order valence-corrected chi connectivity index (χ4v) is 2.67. The first-order valence-electron chi connectivity index (χ1n) is 5.10. The van der Waals surface area contributed by atoms with Gasteiger partial charge in [0.05, 0.1) is 16.3 Å². The number of hydrogen-bond acceptors (Lipinski definition) is 2. The maximum absolute atomic E-state index is 11.8. The molecule has 0 radical (unpaired) electrons. The van der Waals surface area contributed by atoms with Crippen molar-refractivity contribution < 1.29 is 8.42 Å². The molecule has 0 amide bonds. The molecule has 0 aliphatic rings. The van der Waals surface area contributed by atoms with Crippen LogP contribution in [0.4, 0.5) is 0 Å². The molecule has 2 rings (SSSR count). The Kier molecular flexibility index (Phi) is 2.83. The van der Waals surface area contributed by atoms with Crippen LogP contribution in [0.1, 0.15) is 6.92 Å². The van der Waals surface area contributed by atoms with E-state index >= 15 is 0 Å². The maximum Gasteiger partial charge on any atom is 0.180 e. The second-order valence-corrected chi connectivity index (χ2v) is 5.73. The van der Waals surface area contributed by atoms with Crippen molar-refractivity contribution in [2.45, 2.75) is 11.8 Å². The van der Waals surface area contributed by atoms with Gasteiger partial charge in [-0.1, -0.05) is 37.3 Å². The summed E-state index contributed by atoms with van der Waals surface area (Å²) in [6.07, 6.45) is 1.66. The van der Waals surface area contributed by atoms with Crippen LogP contribution >= 0.6 is 0 Å². The summed E-state index contributed by atoms with van der Waals surface area (Å²) < 4.78 is 23.7. The van der Waals surface area contributed by atoms with Crippen molar-refractivity contribution in [2.75, 3.05) is 5.75 Å². The molecule has 84 valence electrons. The van der Waals surface area contributed by atoms with E-state index in [4.69, 9.17) is 0 Å². The maximum atomic E-state index is 11.8. The lowest BCUT2D eigenvalue weighted by Crippen LogP contribution is -2.03. The molecule has 0 spiro atoms. The summed E-state index contributed by atoms with van der Waals surface area (Å²) in [5.74, 6) is 0.116. The van der Waals surface area contributed by atoms with Crippen LogP contribution in [0.2, 0.25) is 0 Å². The van der Waals surface area contributed by atoms with Gasteiger partial charge in [0.15, 0.2) is 9.84 Å². The Balaban J connectivity index is 2.58. The van der Waals surface area contributed by atoms with Crippen molar-refractivity contribution in [1.29, 1.82) is 0 Å². The summed E-state index contributed by atoms with van der Waals surface area (Å²) in [5, 5.41) is 0. The number of sulfone groups is 1. The molecule has 2 aromatic rings. The lowest BCUT2D eigenvalue weighted by Gasteiger charge is -2.03. The first kappa shape index (κ1) is 11.0. The normalized spacial score (nSPS) is 11.6. The van der Waals surface area contributed by atoms with E-state index in [0.717, 1.165) is 5.56 Å². The van der Waals surface area contributed by atoms with Gasteiger partial charge < -0.3 is 4.98 Å². The Hall–Kier alpha value is -1.55. The van der Waals surface area contributed by atoms with Gasteiger partial charge in [-0.3, -0.25) is 0 Å². The molecule has 0 saturated carbocycles. The predicted molar refractivity (Wildman–Crippen MR) is 64.0 cm³/mol. The van der Waals surface area contributed by atoms with Crippen molar-refractivity contribution in [3.8, 4) is 11.3 Å².